The van der Waals surface area contributed by atoms with E-state index >= 15 is 0 Å². The number of carbonyl (C=O) groups excluding carboxylic acids is 2. The van der Waals surface area contributed by atoms with Crippen LogP contribution < -0.4 is 9.80 Å². The van der Waals surface area contributed by atoms with Gasteiger partial charge in [-0.15, -0.1) is 0 Å². The van der Waals surface area contributed by atoms with Crippen LogP contribution in [0.1, 0.15) is 38.2 Å². The topological polar surface area (TPSA) is 101 Å². The van der Waals surface area contributed by atoms with Crippen molar-refractivity contribution in [1.82, 2.24) is 19.4 Å². The van der Waals surface area contributed by atoms with E-state index in [0.717, 1.165) is 10.9 Å². The molecule has 0 fully saturated rings. The van der Waals surface area contributed by atoms with Crippen molar-refractivity contribution in [3.05, 3.63) is 12.0 Å². The summed E-state index contributed by atoms with van der Waals surface area (Å²) in [5.41, 5.74) is -0.0977. The lowest BCUT2D eigenvalue weighted by Crippen LogP contribution is -2.70. The zero-order valence-electron chi connectivity index (χ0n) is 11.7. The van der Waals surface area contributed by atoms with Crippen molar-refractivity contribution in [3.63, 3.8) is 0 Å². The maximum atomic E-state index is 12.4. The zero-order chi connectivity index (χ0) is 15.2. The molecule has 0 saturated heterocycles. The molecule has 3 amide bonds. The Morgan fingerprint density at radius 3 is 2.30 bits per heavy atom. The lowest BCUT2D eigenvalue weighted by atomic mass is 10.1. The maximum Gasteiger partial charge on any atom is 0.430 e. The number of fused-ring (bicyclic) bond motifs is 1. The lowest BCUT2D eigenvalue weighted by Gasteiger charge is -2.42. The molecular formula is C12H17N4O4+. The number of hydrogen-bond donors (Lipinski definition) is 2. The van der Waals surface area contributed by atoms with E-state index in [1.165, 1.54) is 0 Å². The van der Waals surface area contributed by atoms with Crippen molar-refractivity contribution in [2.75, 3.05) is 0 Å². The van der Waals surface area contributed by atoms with E-state index in [9.17, 15) is 14.4 Å². The highest BCUT2D eigenvalue weighted by Gasteiger charge is 2.55. The van der Waals surface area contributed by atoms with Crippen LogP contribution in [0, 0.1) is 0 Å². The van der Waals surface area contributed by atoms with Crippen LogP contribution in [-0.2, 0) is 0 Å². The van der Waals surface area contributed by atoms with Crippen molar-refractivity contribution in [3.8, 4) is 0 Å². The van der Waals surface area contributed by atoms with Gasteiger partial charge >= 0.3 is 12.1 Å². The summed E-state index contributed by atoms with van der Waals surface area (Å²) in [4.78, 5) is 39.6. The fourth-order valence-corrected chi connectivity index (χ4v) is 2.87. The third-order valence-electron chi connectivity index (χ3n) is 3.71. The minimum Gasteiger partial charge on any atom is -0.464 e. The molecule has 0 spiro atoms. The van der Waals surface area contributed by atoms with Crippen LogP contribution in [0.2, 0.25) is 0 Å². The summed E-state index contributed by atoms with van der Waals surface area (Å²) < 4.78 is 0.538. The summed E-state index contributed by atoms with van der Waals surface area (Å²) in [7, 11) is 0. The number of rotatable bonds is 2. The average Bonchev–Trinajstić information content (AvgIpc) is 2.73. The Labute approximate surface area is 115 Å². The molecule has 0 atom stereocenters. The first-order chi connectivity index (χ1) is 9.24. The molecule has 1 aliphatic heterocycles. The highest BCUT2D eigenvalue weighted by molar-refractivity contribution is 6.14. The largest absolute Gasteiger partial charge is 0.464 e. The molecule has 108 valence electrons. The summed E-state index contributed by atoms with van der Waals surface area (Å²) in [5, 5.41) is 11.4. The SMILES string of the molecule is CC(C)[N+]1(C(C)C)C(=O)NC(=O)c2c1ncn2C(=O)O. The van der Waals surface area contributed by atoms with Gasteiger partial charge in [0.25, 0.3) is 11.7 Å². The number of amides is 3. The third kappa shape index (κ3) is 1.58. The molecule has 0 bridgehead atoms. The summed E-state index contributed by atoms with van der Waals surface area (Å²) in [6.07, 6.45) is -0.253. The molecular weight excluding hydrogens is 264 g/mol. The number of imidazole rings is 1. The number of urea groups is 1. The summed E-state index contributed by atoms with van der Waals surface area (Å²) >= 11 is 0. The molecule has 1 aromatic heterocycles. The predicted octanol–water partition coefficient (Wildman–Crippen LogP) is 1.40. The first-order valence-corrected chi connectivity index (χ1v) is 6.30. The number of hydrogen-bond acceptors (Lipinski definition) is 4. The number of nitrogens with one attached hydrogen (secondary N) is 1. The standard InChI is InChI=1S/C12H16N4O4/c1-6(2)16(7(3)4)9-8(10(17)14-11(16)18)15(5-13-9)12(19)20/h5-7H,1-4H3,(H-,14,17,18,19,20)/p+1. The number of aromatic nitrogens is 2. The van der Waals surface area contributed by atoms with Crippen LogP contribution in [0.3, 0.4) is 0 Å². The van der Waals surface area contributed by atoms with Crippen LogP contribution in [0.15, 0.2) is 6.33 Å². The monoisotopic (exact) mass is 281 g/mol. The average molecular weight is 281 g/mol. The van der Waals surface area contributed by atoms with Gasteiger partial charge in [0.1, 0.15) is 6.33 Å². The molecule has 2 heterocycles. The molecule has 0 saturated carbocycles. The van der Waals surface area contributed by atoms with Crippen molar-refractivity contribution < 1.29 is 19.5 Å². The van der Waals surface area contributed by atoms with Gasteiger partial charge < -0.3 is 5.11 Å². The van der Waals surface area contributed by atoms with Gasteiger partial charge in [0.2, 0.25) is 5.69 Å². The molecule has 1 aliphatic rings. The van der Waals surface area contributed by atoms with E-state index in [0.29, 0.717) is 0 Å². The molecule has 0 aliphatic carbocycles. The zero-order valence-corrected chi connectivity index (χ0v) is 11.7. The van der Waals surface area contributed by atoms with Crippen LogP contribution in [0.5, 0.6) is 0 Å². The van der Waals surface area contributed by atoms with Crippen LogP contribution in [-0.4, -0.2) is 44.8 Å². The maximum absolute atomic E-state index is 12.4. The molecule has 0 aromatic carbocycles. The van der Waals surface area contributed by atoms with E-state index < -0.39 is 18.0 Å². The quantitative estimate of drug-likeness (QED) is 0.798. The Kier molecular flexibility index (Phi) is 3.13. The molecule has 0 unspecified atom stereocenters. The van der Waals surface area contributed by atoms with Crippen molar-refractivity contribution in [1.29, 1.82) is 0 Å². The summed E-state index contributed by atoms with van der Waals surface area (Å²) in [6, 6.07) is -0.874. The van der Waals surface area contributed by atoms with E-state index in [4.69, 9.17) is 5.11 Å². The predicted molar refractivity (Wildman–Crippen MR) is 70.6 cm³/mol. The Balaban J connectivity index is 2.81. The highest BCUT2D eigenvalue weighted by atomic mass is 16.4. The first kappa shape index (κ1) is 14.2. The van der Waals surface area contributed by atoms with Gasteiger partial charge in [0.05, 0.1) is 12.1 Å². The number of nitrogens with zero attached hydrogens (tertiary/aromatic N) is 3. The second kappa shape index (κ2) is 4.41. The van der Waals surface area contributed by atoms with Crippen molar-refractivity contribution >= 4 is 23.8 Å². The number of carbonyl (C=O) groups is 3. The highest BCUT2D eigenvalue weighted by Crippen LogP contribution is 2.35. The molecule has 2 rings (SSSR count). The fraction of sp³-hybridized carbons (Fsp3) is 0.500. The lowest BCUT2D eigenvalue weighted by molar-refractivity contribution is 0.0898. The van der Waals surface area contributed by atoms with Gasteiger partial charge in [0, 0.05) is 0 Å². The summed E-state index contributed by atoms with van der Waals surface area (Å²) in [5.74, 6) is -0.550. The molecule has 0 radical (unpaired) electrons. The Morgan fingerprint density at radius 2 is 1.85 bits per heavy atom. The van der Waals surface area contributed by atoms with Gasteiger partial charge in [-0.2, -0.15) is 9.47 Å². The molecule has 8 heteroatoms. The number of imide groups is 1. The summed E-state index contributed by atoms with van der Waals surface area (Å²) in [6.45, 7) is 7.33. The van der Waals surface area contributed by atoms with Gasteiger partial charge in [0.15, 0.2) is 0 Å². The second-order valence-corrected chi connectivity index (χ2v) is 5.29. The van der Waals surface area contributed by atoms with Crippen molar-refractivity contribution in [2.45, 2.75) is 39.8 Å². The first-order valence-electron chi connectivity index (χ1n) is 6.30. The number of carboxylic acid groups (broad SMARTS) is 1. The number of quaternary nitrogens is 1. The normalized spacial score (nSPS) is 17.3. The fourth-order valence-electron chi connectivity index (χ4n) is 2.87. The smallest absolute Gasteiger partial charge is 0.430 e. The van der Waals surface area contributed by atoms with Crippen molar-refractivity contribution in [2.24, 2.45) is 0 Å². The minimum absolute atomic E-state index is 0.0977. The van der Waals surface area contributed by atoms with Crippen LogP contribution >= 0.6 is 0 Å². The molecule has 1 aromatic rings. The Bertz CT molecular complexity index is 595. The van der Waals surface area contributed by atoms with Crippen LogP contribution in [0.25, 0.3) is 0 Å². The van der Waals surface area contributed by atoms with Gasteiger partial charge in [-0.05, 0) is 27.7 Å². The van der Waals surface area contributed by atoms with E-state index in [1.54, 1.807) is 0 Å². The molecule has 2 N–H and O–H groups in total. The third-order valence-corrected chi connectivity index (χ3v) is 3.71. The van der Waals surface area contributed by atoms with Gasteiger partial charge in [-0.3, -0.25) is 4.79 Å². The Hall–Kier alpha value is -2.22. The van der Waals surface area contributed by atoms with E-state index in [1.807, 2.05) is 27.7 Å². The van der Waals surface area contributed by atoms with Gasteiger partial charge in [-0.1, -0.05) is 0 Å². The van der Waals surface area contributed by atoms with E-state index in [-0.39, 0.29) is 28.1 Å². The molecule has 20 heavy (non-hydrogen) atoms. The minimum atomic E-state index is -1.31. The Morgan fingerprint density at radius 1 is 1.30 bits per heavy atom. The second-order valence-electron chi connectivity index (χ2n) is 5.29. The van der Waals surface area contributed by atoms with Gasteiger partial charge in [-0.25, -0.2) is 19.5 Å². The van der Waals surface area contributed by atoms with E-state index in [2.05, 4.69) is 10.3 Å². The molecule has 8 nitrogen and oxygen atoms in total. The van der Waals surface area contributed by atoms with Crippen LogP contribution in [0.4, 0.5) is 15.4 Å².